The molecule has 0 saturated carbocycles. The molecule has 278 valence electrons. The number of amides is 1. The Morgan fingerprint density at radius 1 is 0.963 bits per heavy atom. The van der Waals surface area contributed by atoms with Crippen molar-refractivity contribution in [3.8, 4) is 16.9 Å². The van der Waals surface area contributed by atoms with Gasteiger partial charge >= 0.3 is 11.8 Å². The summed E-state index contributed by atoms with van der Waals surface area (Å²) in [4.78, 5) is 44.4. The lowest BCUT2D eigenvalue weighted by molar-refractivity contribution is 0.0837. The van der Waals surface area contributed by atoms with Crippen molar-refractivity contribution in [1.82, 2.24) is 19.8 Å². The molecule has 0 spiro atoms. The lowest BCUT2D eigenvalue weighted by Gasteiger charge is -2.48. The van der Waals surface area contributed by atoms with Crippen LogP contribution in [0.3, 0.4) is 0 Å². The maximum absolute atomic E-state index is 13.0. The number of phenols is 1. The maximum Gasteiger partial charge on any atom is 0.419 e. The zero-order valence-electron chi connectivity index (χ0n) is 29.8. The molecule has 5 N–H and O–H groups in total. The Kier molecular flexibility index (Phi) is 9.80. The number of aryl methyl sites for hydroxylation is 2. The molecule has 9 rings (SSSR count). The van der Waals surface area contributed by atoms with Crippen LogP contribution in [0.25, 0.3) is 33.1 Å². The average molecular weight is 730 g/mol. The Balaban J connectivity index is 0.973. The summed E-state index contributed by atoms with van der Waals surface area (Å²) in [6.45, 7) is 3.81. The number of anilines is 1. The number of fused-ring (bicyclic) bond motifs is 5. The summed E-state index contributed by atoms with van der Waals surface area (Å²) in [6, 6.07) is 27.5. The fraction of sp³-hybridized carbons (Fsp3) is 0.310. The lowest BCUT2D eigenvalue weighted by atomic mass is 9.82. The van der Waals surface area contributed by atoms with Gasteiger partial charge in [-0.3, -0.25) is 14.3 Å². The van der Waals surface area contributed by atoms with E-state index in [9.17, 15) is 29.7 Å². The number of nitrogens with one attached hydrogen (secondary N) is 2. The van der Waals surface area contributed by atoms with Crippen LogP contribution in [0.1, 0.15) is 42.1 Å². The van der Waals surface area contributed by atoms with Gasteiger partial charge < -0.3 is 34.9 Å². The minimum absolute atomic E-state index is 0.0683. The summed E-state index contributed by atoms with van der Waals surface area (Å²) < 4.78 is 7.21. The Morgan fingerprint density at radius 3 is 2.52 bits per heavy atom. The highest BCUT2D eigenvalue weighted by Gasteiger charge is 2.41. The Bertz CT molecular complexity index is 2430. The van der Waals surface area contributed by atoms with E-state index < -0.39 is 18.0 Å². The van der Waals surface area contributed by atoms with Crippen LogP contribution in [0.2, 0.25) is 0 Å². The molecule has 3 aliphatic heterocycles. The van der Waals surface area contributed by atoms with Crippen LogP contribution in [0.4, 0.5) is 10.5 Å². The highest BCUT2D eigenvalue weighted by Crippen LogP contribution is 2.39. The molecule has 3 fully saturated rings. The fourth-order valence-electron chi connectivity index (χ4n) is 8.33. The number of oxazole rings is 1. The molecule has 3 saturated heterocycles. The van der Waals surface area contributed by atoms with Gasteiger partial charge in [0.15, 0.2) is 5.58 Å². The van der Waals surface area contributed by atoms with Crippen molar-refractivity contribution in [2.45, 2.75) is 50.9 Å². The Morgan fingerprint density at radius 2 is 1.76 bits per heavy atom. The van der Waals surface area contributed by atoms with E-state index in [1.54, 1.807) is 27.7 Å². The van der Waals surface area contributed by atoms with Gasteiger partial charge in [0.05, 0.1) is 28.9 Å². The minimum Gasteiger partial charge on any atom is -0.506 e. The predicted molar refractivity (Wildman–Crippen MR) is 207 cm³/mol. The number of aromatic hydroxyl groups is 1. The van der Waals surface area contributed by atoms with Gasteiger partial charge in [0.25, 0.3) is 0 Å². The first-order valence-electron chi connectivity index (χ1n) is 18.5. The summed E-state index contributed by atoms with van der Waals surface area (Å²) in [6.07, 6.45) is 1.42. The summed E-state index contributed by atoms with van der Waals surface area (Å²) in [7, 11) is 0. The van der Waals surface area contributed by atoms with Crippen molar-refractivity contribution in [2.24, 2.45) is 5.92 Å². The number of H-pyrrole nitrogens is 1. The number of benzene rings is 4. The molecular weight excluding hydrogens is 686 g/mol. The van der Waals surface area contributed by atoms with E-state index >= 15 is 0 Å². The highest BCUT2D eigenvalue weighted by atomic mass is 16.4. The standard InChI is InChI=1S/C42H43N5O7/c48-36-13-11-31(32-12-15-39(50)44-40(32)36)37(49)24-43-23-27-9-14-38-34(22-27)46(42(53)54-38)18-4-5-26-8-10-30(28-6-2-1-3-7-28)33(21-26)47(41(51)52)35-25-45-19-16-29(35)17-20-45/h1-3,6-15,21-22,29,35,37,43,48-49H,4-5,16-20,23-25H2,(H,44,50)(H,51,52)/t35?,37-/m0/s1. The number of phenolic OH excluding ortho intramolecular Hbond substituents is 1. The quantitative estimate of drug-likeness (QED) is 0.104. The third kappa shape index (κ3) is 7.03. The van der Waals surface area contributed by atoms with Gasteiger partial charge in [-0.25, -0.2) is 9.59 Å². The number of aromatic amines is 1. The molecule has 5 heterocycles. The maximum atomic E-state index is 13.0. The van der Waals surface area contributed by atoms with Crippen molar-refractivity contribution in [3.63, 3.8) is 0 Å². The van der Waals surface area contributed by atoms with Gasteiger partial charge in [-0.15, -0.1) is 0 Å². The summed E-state index contributed by atoms with van der Waals surface area (Å²) >= 11 is 0. The predicted octanol–water partition coefficient (Wildman–Crippen LogP) is 5.84. The number of carbonyl (C=O) groups is 1. The zero-order chi connectivity index (χ0) is 37.3. The molecule has 2 bridgehead atoms. The van der Waals surface area contributed by atoms with Crippen molar-refractivity contribution in [1.29, 1.82) is 0 Å². The number of aromatic nitrogens is 2. The third-order valence-electron chi connectivity index (χ3n) is 11.1. The topological polar surface area (TPSA) is 164 Å². The molecule has 4 aromatic carbocycles. The van der Waals surface area contributed by atoms with Crippen LogP contribution >= 0.6 is 0 Å². The van der Waals surface area contributed by atoms with Crippen molar-refractivity contribution in [3.05, 3.63) is 129 Å². The molecule has 12 heteroatoms. The van der Waals surface area contributed by atoms with Crippen LogP contribution in [-0.4, -0.2) is 68.1 Å². The van der Waals surface area contributed by atoms with Crippen LogP contribution < -0.4 is 21.5 Å². The van der Waals surface area contributed by atoms with Crippen LogP contribution in [0.5, 0.6) is 5.75 Å². The number of rotatable bonds is 12. The van der Waals surface area contributed by atoms with Crippen molar-refractivity contribution in [2.75, 3.05) is 31.1 Å². The molecule has 54 heavy (non-hydrogen) atoms. The number of aliphatic hydroxyl groups is 1. The van der Waals surface area contributed by atoms with E-state index in [0.29, 0.717) is 59.6 Å². The van der Waals surface area contributed by atoms with Gasteiger partial charge in [-0.2, -0.15) is 0 Å². The molecule has 12 nitrogen and oxygen atoms in total. The summed E-state index contributed by atoms with van der Waals surface area (Å²) in [5.41, 5.74) is 6.11. The van der Waals surface area contributed by atoms with Gasteiger partial charge in [0, 0.05) is 43.2 Å². The second-order valence-electron chi connectivity index (χ2n) is 14.4. The average Bonchev–Trinajstić information content (AvgIpc) is 3.49. The SMILES string of the molecule is O=C(O)N(c1cc(CCCn2c(=O)oc3ccc(CNC[C@H](O)c4ccc(O)c5[nH]c(=O)ccc45)cc32)ccc1-c1ccccc1)C1CN2CCC1CC2. The number of carboxylic acid groups (broad SMARTS) is 1. The number of pyridine rings is 1. The van der Waals surface area contributed by atoms with Gasteiger partial charge in [0.1, 0.15) is 5.75 Å². The first-order valence-corrected chi connectivity index (χ1v) is 18.5. The van der Waals surface area contributed by atoms with Crippen LogP contribution in [0, 0.1) is 5.92 Å². The lowest BCUT2D eigenvalue weighted by Crippen LogP contribution is -2.59. The first kappa shape index (κ1) is 35.3. The van der Waals surface area contributed by atoms with E-state index in [-0.39, 0.29) is 29.4 Å². The number of piperidine rings is 3. The molecule has 3 aliphatic rings. The molecule has 1 unspecified atom stereocenters. The molecular formula is C42H43N5O7. The molecule has 0 radical (unpaired) electrons. The molecule has 0 aliphatic carbocycles. The second-order valence-corrected chi connectivity index (χ2v) is 14.4. The summed E-state index contributed by atoms with van der Waals surface area (Å²) in [5.74, 6) is -0.180. The number of nitrogens with zero attached hydrogens (tertiary/aromatic N) is 3. The Hall–Kier alpha value is -5.69. The van der Waals surface area contributed by atoms with Crippen molar-refractivity contribution < 1.29 is 24.5 Å². The van der Waals surface area contributed by atoms with E-state index in [1.165, 1.54) is 12.1 Å². The largest absolute Gasteiger partial charge is 0.506 e. The fourth-order valence-corrected chi connectivity index (χ4v) is 8.33. The van der Waals surface area contributed by atoms with E-state index in [1.807, 2.05) is 54.6 Å². The van der Waals surface area contributed by atoms with E-state index in [4.69, 9.17) is 4.42 Å². The normalized spacial score (nSPS) is 18.6. The van der Waals surface area contributed by atoms with Gasteiger partial charge in [-0.1, -0.05) is 54.6 Å². The first-order chi connectivity index (χ1) is 26.2. The van der Waals surface area contributed by atoms with E-state index in [0.717, 1.165) is 54.7 Å². The molecule has 1 amide bonds. The van der Waals surface area contributed by atoms with Crippen LogP contribution in [-0.2, 0) is 19.5 Å². The van der Waals surface area contributed by atoms with Gasteiger partial charge in [0.2, 0.25) is 5.56 Å². The smallest absolute Gasteiger partial charge is 0.419 e. The molecule has 2 atom stereocenters. The second kappa shape index (κ2) is 15.0. The minimum atomic E-state index is -0.939. The third-order valence-corrected chi connectivity index (χ3v) is 11.1. The van der Waals surface area contributed by atoms with Gasteiger partial charge in [-0.05, 0) is 97.3 Å². The number of hydrogen-bond acceptors (Lipinski definition) is 8. The monoisotopic (exact) mass is 729 g/mol. The van der Waals surface area contributed by atoms with Crippen molar-refractivity contribution >= 4 is 33.8 Å². The highest BCUT2D eigenvalue weighted by molar-refractivity contribution is 5.94. The molecule has 2 aromatic heterocycles. The van der Waals surface area contributed by atoms with E-state index in [2.05, 4.69) is 21.3 Å². The number of aliphatic hydroxyl groups excluding tert-OH is 1. The molecule has 6 aromatic rings. The summed E-state index contributed by atoms with van der Waals surface area (Å²) in [5, 5.41) is 35.6. The number of hydrogen-bond donors (Lipinski definition) is 5. The van der Waals surface area contributed by atoms with Crippen LogP contribution in [0.15, 0.2) is 105 Å². The zero-order valence-corrected chi connectivity index (χ0v) is 29.8. The Labute approximate surface area is 310 Å².